The number of carbonyl (C=O) groups is 2. The fraction of sp³-hybridized carbons (Fsp3) is 0.571. The van der Waals surface area contributed by atoms with Crippen LogP contribution in [-0.4, -0.2) is 129 Å². The van der Waals surface area contributed by atoms with Crippen LogP contribution in [0.2, 0.25) is 0 Å². The second-order valence-corrected chi connectivity index (χ2v) is 10.7. The van der Waals surface area contributed by atoms with E-state index >= 15 is 0 Å². The van der Waals surface area contributed by atoms with Crippen LogP contribution in [0.4, 0.5) is 0 Å². The number of carbonyl (C=O) groups excluding carboxylic acids is 1. The van der Waals surface area contributed by atoms with Gasteiger partial charge in [0.25, 0.3) is 0 Å². The van der Waals surface area contributed by atoms with Crippen molar-refractivity contribution >= 4 is 11.9 Å². The molecule has 0 unspecified atom stereocenters. The molecule has 0 amide bonds. The topological polar surface area (TPSA) is 231 Å². The molecule has 7 N–H and O–H groups in total. The minimum absolute atomic E-state index is 0.0318. The summed E-state index contributed by atoms with van der Waals surface area (Å²) in [6.45, 7) is -1.01. The Morgan fingerprint density at radius 2 is 1.60 bits per heavy atom. The van der Waals surface area contributed by atoms with E-state index in [9.17, 15) is 45.3 Å². The van der Waals surface area contributed by atoms with Crippen molar-refractivity contribution < 1.29 is 73.8 Å². The molecular formula is C28H34O15. The molecular weight excluding hydrogens is 576 g/mol. The number of ether oxygens (including phenoxy) is 6. The van der Waals surface area contributed by atoms with Crippen LogP contribution < -0.4 is 0 Å². The molecule has 0 radical (unpaired) electrons. The molecule has 1 aromatic carbocycles. The zero-order valence-corrected chi connectivity index (χ0v) is 22.7. The van der Waals surface area contributed by atoms with Crippen LogP contribution in [0.25, 0.3) is 0 Å². The third-order valence-electron chi connectivity index (χ3n) is 7.96. The standard InChI is InChI=1S/C28H34O15/c29-16-10-40-27(22(33)19(16)30)41-11-17-20(31)21(32)23(34)28(42-17)43-26-18-13(6-7-14(18)15(9-39-26)24(35)36)8-38-25(37)12-4-2-1-3-5-12/h1-6,9,14,16-23,26-34H,7-8,10-11H2,(H,35,36)/t14-,16-,17+,18+,19-,20+,21-,22+,23+,26-,27+,28+/m0/s1. The number of rotatable bonds is 9. The van der Waals surface area contributed by atoms with Gasteiger partial charge < -0.3 is 64.2 Å². The molecule has 3 aliphatic heterocycles. The van der Waals surface area contributed by atoms with Crippen LogP contribution >= 0.6 is 0 Å². The van der Waals surface area contributed by atoms with E-state index in [1.165, 1.54) is 0 Å². The summed E-state index contributed by atoms with van der Waals surface area (Å²) in [5.74, 6) is -3.19. The Kier molecular flexibility index (Phi) is 9.77. The summed E-state index contributed by atoms with van der Waals surface area (Å²) in [5, 5.41) is 71.0. The Balaban J connectivity index is 1.27. The van der Waals surface area contributed by atoms with Gasteiger partial charge in [0.2, 0.25) is 6.29 Å². The molecule has 12 atom stereocenters. The highest BCUT2D eigenvalue weighted by atomic mass is 16.8. The molecule has 0 aromatic heterocycles. The molecule has 1 aromatic rings. The molecule has 0 saturated carbocycles. The molecule has 236 valence electrons. The first kappa shape index (κ1) is 31.5. The summed E-state index contributed by atoms with van der Waals surface area (Å²) in [7, 11) is 0. The fourth-order valence-electron chi connectivity index (χ4n) is 5.52. The zero-order valence-electron chi connectivity index (χ0n) is 22.7. The third-order valence-corrected chi connectivity index (χ3v) is 7.96. The zero-order chi connectivity index (χ0) is 30.8. The Labute approximate surface area is 245 Å². The number of aliphatic carboxylic acids is 1. The SMILES string of the molecule is O=C(O)C1=CO[C@@H](O[C@H]2O[C@H](CO[C@H]3OC[C@H](O)[C@H](O)[C@H]3O)[C@@H](O)[C@H](O)[C@H]2O)[C@@H]2C(COC(=O)c3ccccc3)=CC[C@@H]12. The molecule has 5 rings (SSSR count). The number of carboxylic acids is 1. The van der Waals surface area contributed by atoms with Gasteiger partial charge in [-0.15, -0.1) is 0 Å². The van der Waals surface area contributed by atoms with E-state index in [0.717, 1.165) is 6.26 Å². The Morgan fingerprint density at radius 1 is 0.884 bits per heavy atom. The van der Waals surface area contributed by atoms with Crippen molar-refractivity contribution in [2.24, 2.45) is 11.8 Å². The summed E-state index contributed by atoms with van der Waals surface area (Å²) in [5.41, 5.74) is 0.810. The number of benzene rings is 1. The highest BCUT2D eigenvalue weighted by molar-refractivity contribution is 5.89. The van der Waals surface area contributed by atoms with Crippen LogP contribution in [0.3, 0.4) is 0 Å². The van der Waals surface area contributed by atoms with Crippen molar-refractivity contribution in [3.8, 4) is 0 Å². The summed E-state index contributed by atoms with van der Waals surface area (Å²) in [6, 6.07) is 8.29. The number of hydrogen-bond donors (Lipinski definition) is 7. The molecule has 0 spiro atoms. The second kappa shape index (κ2) is 13.4. The number of aliphatic hydroxyl groups is 6. The number of fused-ring (bicyclic) bond motifs is 1. The number of hydrogen-bond acceptors (Lipinski definition) is 14. The van der Waals surface area contributed by atoms with Crippen LogP contribution in [0.5, 0.6) is 0 Å². The molecule has 0 bridgehead atoms. The lowest BCUT2D eigenvalue weighted by molar-refractivity contribution is -0.348. The second-order valence-electron chi connectivity index (χ2n) is 10.7. The van der Waals surface area contributed by atoms with Gasteiger partial charge in [-0.25, -0.2) is 9.59 Å². The third kappa shape index (κ3) is 6.61. The molecule has 15 nitrogen and oxygen atoms in total. The van der Waals surface area contributed by atoms with Gasteiger partial charge in [0.1, 0.15) is 49.3 Å². The van der Waals surface area contributed by atoms with Crippen molar-refractivity contribution in [3.05, 3.63) is 59.4 Å². The van der Waals surface area contributed by atoms with Crippen molar-refractivity contribution in [2.45, 2.75) is 68.0 Å². The number of carboxylic acid groups (broad SMARTS) is 1. The molecule has 2 saturated heterocycles. The predicted molar refractivity (Wildman–Crippen MR) is 138 cm³/mol. The normalized spacial score (nSPS) is 39.2. The van der Waals surface area contributed by atoms with E-state index < -0.39 is 92.0 Å². The van der Waals surface area contributed by atoms with Crippen LogP contribution in [0.15, 0.2) is 53.8 Å². The average Bonchev–Trinajstić information content (AvgIpc) is 3.44. The first-order valence-corrected chi connectivity index (χ1v) is 13.7. The summed E-state index contributed by atoms with van der Waals surface area (Å²) < 4.78 is 33.3. The van der Waals surface area contributed by atoms with Crippen molar-refractivity contribution in [1.82, 2.24) is 0 Å². The highest BCUT2D eigenvalue weighted by Crippen LogP contribution is 2.44. The lowest BCUT2D eigenvalue weighted by atomic mass is 9.83. The number of esters is 1. The van der Waals surface area contributed by atoms with E-state index in [-0.39, 0.29) is 25.2 Å². The van der Waals surface area contributed by atoms with E-state index in [1.54, 1.807) is 36.4 Å². The van der Waals surface area contributed by atoms with Crippen LogP contribution in [-0.2, 0) is 33.2 Å². The van der Waals surface area contributed by atoms with Gasteiger partial charge in [0.05, 0.1) is 36.5 Å². The lowest BCUT2D eigenvalue weighted by Crippen LogP contribution is -2.61. The summed E-state index contributed by atoms with van der Waals surface area (Å²) >= 11 is 0. The summed E-state index contributed by atoms with van der Waals surface area (Å²) in [4.78, 5) is 24.4. The van der Waals surface area contributed by atoms with E-state index in [1.807, 2.05) is 0 Å². The maximum Gasteiger partial charge on any atom is 0.338 e. The summed E-state index contributed by atoms with van der Waals surface area (Å²) in [6.07, 6.45) is -12.2. The van der Waals surface area contributed by atoms with Gasteiger partial charge in [-0.05, 0) is 24.1 Å². The van der Waals surface area contributed by atoms with Gasteiger partial charge in [0, 0.05) is 5.92 Å². The van der Waals surface area contributed by atoms with E-state index in [2.05, 4.69) is 0 Å². The van der Waals surface area contributed by atoms with Gasteiger partial charge in [-0.2, -0.15) is 0 Å². The van der Waals surface area contributed by atoms with Crippen LogP contribution in [0.1, 0.15) is 16.8 Å². The average molecular weight is 611 g/mol. The fourth-order valence-corrected chi connectivity index (χ4v) is 5.52. The van der Waals surface area contributed by atoms with Gasteiger partial charge in [-0.3, -0.25) is 0 Å². The monoisotopic (exact) mass is 610 g/mol. The first-order valence-electron chi connectivity index (χ1n) is 13.7. The molecule has 2 fully saturated rings. The Bertz CT molecular complexity index is 1200. The maximum atomic E-state index is 12.5. The molecule has 15 heteroatoms. The smallest absolute Gasteiger partial charge is 0.338 e. The van der Waals surface area contributed by atoms with Gasteiger partial charge >= 0.3 is 11.9 Å². The minimum atomic E-state index is -1.77. The Morgan fingerprint density at radius 3 is 2.33 bits per heavy atom. The van der Waals surface area contributed by atoms with Crippen molar-refractivity contribution in [3.63, 3.8) is 0 Å². The van der Waals surface area contributed by atoms with Crippen molar-refractivity contribution in [2.75, 3.05) is 19.8 Å². The number of allylic oxidation sites excluding steroid dienone is 1. The largest absolute Gasteiger partial charge is 0.478 e. The number of aliphatic hydroxyl groups excluding tert-OH is 6. The molecule has 4 aliphatic rings. The van der Waals surface area contributed by atoms with E-state index in [4.69, 9.17) is 28.4 Å². The predicted octanol–water partition coefficient (Wildman–Crippen LogP) is -1.99. The van der Waals surface area contributed by atoms with E-state index in [0.29, 0.717) is 11.1 Å². The van der Waals surface area contributed by atoms with Crippen LogP contribution in [0, 0.1) is 11.8 Å². The Hall–Kier alpha value is -2.96. The van der Waals surface area contributed by atoms with Gasteiger partial charge in [-0.1, -0.05) is 24.3 Å². The molecule has 43 heavy (non-hydrogen) atoms. The minimum Gasteiger partial charge on any atom is -0.478 e. The van der Waals surface area contributed by atoms with Gasteiger partial charge in [0.15, 0.2) is 12.6 Å². The quantitative estimate of drug-likeness (QED) is 0.119. The highest BCUT2D eigenvalue weighted by Gasteiger charge is 2.50. The van der Waals surface area contributed by atoms with Crippen molar-refractivity contribution in [1.29, 1.82) is 0 Å². The first-order chi connectivity index (χ1) is 20.6. The lowest BCUT2D eigenvalue weighted by Gasteiger charge is -2.43. The molecule has 3 heterocycles. The maximum absolute atomic E-state index is 12.5. The molecule has 1 aliphatic carbocycles.